The van der Waals surface area contributed by atoms with E-state index in [4.69, 9.17) is 5.84 Å². The van der Waals surface area contributed by atoms with Crippen molar-refractivity contribution in [2.24, 2.45) is 23.6 Å². The lowest BCUT2D eigenvalue weighted by molar-refractivity contribution is 0.0104. The number of hydrogen-bond donors (Lipinski definition) is 3. The maximum absolute atomic E-state index is 14.0. The fraction of sp³-hybridized carbons (Fsp3) is 0.667. The van der Waals surface area contributed by atoms with Gasteiger partial charge < -0.3 is 10.7 Å². The van der Waals surface area contributed by atoms with Crippen LogP contribution in [0.15, 0.2) is 6.07 Å². The van der Waals surface area contributed by atoms with Crippen molar-refractivity contribution in [2.45, 2.75) is 44.1 Å². The molecule has 1 aromatic rings. The molecule has 4 aliphatic rings. The first-order valence-electron chi connectivity index (χ1n) is 7.68. The summed E-state index contributed by atoms with van der Waals surface area (Å²) in [5, 5.41) is 3.31. The van der Waals surface area contributed by atoms with Crippen molar-refractivity contribution in [2.75, 3.05) is 10.7 Å². The van der Waals surface area contributed by atoms with Gasteiger partial charge in [0.15, 0.2) is 23.3 Å². The summed E-state index contributed by atoms with van der Waals surface area (Å²) in [5.41, 5.74) is 2.11. The zero-order chi connectivity index (χ0) is 14.6. The van der Waals surface area contributed by atoms with Crippen LogP contribution in [0.3, 0.4) is 0 Å². The average Bonchev–Trinajstić information content (AvgIpc) is 2.40. The van der Waals surface area contributed by atoms with Crippen LogP contribution in [0.2, 0.25) is 0 Å². The Kier molecular flexibility index (Phi) is 2.86. The van der Waals surface area contributed by atoms with Crippen LogP contribution in [0.5, 0.6) is 0 Å². The van der Waals surface area contributed by atoms with E-state index in [9.17, 15) is 8.78 Å². The molecule has 6 heteroatoms. The molecule has 0 aliphatic heterocycles. The monoisotopic (exact) mass is 294 g/mol. The maximum atomic E-state index is 14.0. The SMILES string of the molecule is NNc1nc(NC23CC4CC(CC(C4)C2)C3)c(F)cc1F. The molecular formula is C15H20F2N4. The predicted octanol–water partition coefficient (Wildman–Crippen LogP) is 3.03. The summed E-state index contributed by atoms with van der Waals surface area (Å²) in [4.78, 5) is 3.97. The fourth-order valence-corrected chi connectivity index (χ4v) is 5.17. The van der Waals surface area contributed by atoms with Crippen LogP contribution in [0.4, 0.5) is 20.4 Å². The Morgan fingerprint density at radius 3 is 2.05 bits per heavy atom. The largest absolute Gasteiger partial charge is 0.362 e. The number of halogens is 2. The second kappa shape index (κ2) is 4.53. The van der Waals surface area contributed by atoms with E-state index in [2.05, 4.69) is 15.7 Å². The molecule has 114 valence electrons. The molecule has 0 spiro atoms. The van der Waals surface area contributed by atoms with Crippen molar-refractivity contribution in [3.8, 4) is 0 Å². The van der Waals surface area contributed by atoms with Gasteiger partial charge in [0.1, 0.15) is 0 Å². The number of nitrogens with one attached hydrogen (secondary N) is 2. The third kappa shape index (κ3) is 2.16. The summed E-state index contributed by atoms with van der Waals surface area (Å²) in [6.07, 6.45) is 7.16. The number of aromatic nitrogens is 1. The molecule has 1 aromatic heterocycles. The lowest BCUT2D eigenvalue weighted by Gasteiger charge is -2.57. The first kappa shape index (κ1) is 13.2. The minimum Gasteiger partial charge on any atom is -0.362 e. The van der Waals surface area contributed by atoms with Crippen molar-refractivity contribution in [1.29, 1.82) is 0 Å². The van der Waals surface area contributed by atoms with Gasteiger partial charge >= 0.3 is 0 Å². The van der Waals surface area contributed by atoms with Gasteiger partial charge in [0.2, 0.25) is 0 Å². The molecule has 1 heterocycles. The summed E-state index contributed by atoms with van der Waals surface area (Å²) in [6.45, 7) is 0. The lowest BCUT2D eigenvalue weighted by atomic mass is 9.53. The molecular weight excluding hydrogens is 274 g/mol. The van der Waals surface area contributed by atoms with Crippen LogP contribution in [0, 0.1) is 29.4 Å². The smallest absolute Gasteiger partial charge is 0.178 e. The van der Waals surface area contributed by atoms with E-state index < -0.39 is 11.6 Å². The zero-order valence-electron chi connectivity index (χ0n) is 11.8. The first-order chi connectivity index (χ1) is 10.1. The van der Waals surface area contributed by atoms with Crippen molar-refractivity contribution >= 4 is 11.6 Å². The maximum Gasteiger partial charge on any atom is 0.178 e. The molecule has 4 aliphatic carbocycles. The molecule has 4 saturated carbocycles. The second-order valence-electron chi connectivity index (χ2n) is 7.12. The number of nitrogen functional groups attached to an aromatic ring is 1. The Balaban J connectivity index is 1.64. The standard InChI is InChI=1S/C15H20F2N4/c16-11-4-12(17)14(21-18)19-13(11)20-15-5-8-1-9(6-15)3-10(2-8)7-15/h4,8-10H,1-3,5-7,18H2,(H2,19,20,21). The van der Waals surface area contributed by atoms with Crippen LogP contribution in [0.1, 0.15) is 38.5 Å². The number of nitrogens with two attached hydrogens (primary N) is 1. The third-order valence-corrected chi connectivity index (χ3v) is 5.49. The molecule has 4 bridgehead atoms. The highest BCUT2D eigenvalue weighted by atomic mass is 19.1. The molecule has 0 unspecified atom stereocenters. The van der Waals surface area contributed by atoms with Gasteiger partial charge in [-0.3, -0.25) is 0 Å². The minimum atomic E-state index is -0.772. The molecule has 0 aromatic carbocycles. The Morgan fingerprint density at radius 2 is 1.52 bits per heavy atom. The Bertz CT molecular complexity index is 540. The minimum absolute atomic E-state index is 0.0632. The van der Waals surface area contributed by atoms with Crippen LogP contribution in [0.25, 0.3) is 0 Å². The molecule has 0 radical (unpaired) electrons. The molecule has 4 nitrogen and oxygen atoms in total. The fourth-order valence-electron chi connectivity index (χ4n) is 5.17. The van der Waals surface area contributed by atoms with E-state index in [1.807, 2.05) is 0 Å². The molecule has 5 rings (SSSR count). The molecule has 4 fully saturated rings. The van der Waals surface area contributed by atoms with Gasteiger partial charge in [0, 0.05) is 11.6 Å². The van der Waals surface area contributed by atoms with E-state index in [0.717, 1.165) is 43.1 Å². The summed E-state index contributed by atoms with van der Waals surface area (Å²) in [6, 6.07) is 0.838. The summed E-state index contributed by atoms with van der Waals surface area (Å²) >= 11 is 0. The number of anilines is 2. The zero-order valence-corrected chi connectivity index (χ0v) is 11.8. The predicted molar refractivity (Wildman–Crippen MR) is 76.5 cm³/mol. The Morgan fingerprint density at radius 1 is 1.00 bits per heavy atom. The molecule has 0 saturated heterocycles. The van der Waals surface area contributed by atoms with Crippen LogP contribution in [-0.4, -0.2) is 10.5 Å². The van der Waals surface area contributed by atoms with Crippen LogP contribution in [-0.2, 0) is 0 Å². The van der Waals surface area contributed by atoms with E-state index in [1.54, 1.807) is 0 Å². The number of nitrogens with zero attached hydrogens (tertiary/aromatic N) is 1. The van der Waals surface area contributed by atoms with Crippen molar-refractivity contribution < 1.29 is 8.78 Å². The van der Waals surface area contributed by atoms with Crippen molar-refractivity contribution in [3.05, 3.63) is 17.7 Å². The molecule has 0 amide bonds. The number of hydrazine groups is 1. The summed E-state index contributed by atoms with van der Waals surface area (Å²) in [7, 11) is 0. The Labute approximate surface area is 122 Å². The topological polar surface area (TPSA) is 63.0 Å². The molecule has 4 N–H and O–H groups in total. The highest BCUT2D eigenvalue weighted by molar-refractivity contribution is 5.48. The van der Waals surface area contributed by atoms with Crippen molar-refractivity contribution in [1.82, 2.24) is 4.98 Å². The van der Waals surface area contributed by atoms with E-state index in [0.29, 0.717) is 0 Å². The van der Waals surface area contributed by atoms with Gasteiger partial charge in [-0.1, -0.05) is 0 Å². The van der Waals surface area contributed by atoms with Crippen molar-refractivity contribution in [3.63, 3.8) is 0 Å². The molecule has 21 heavy (non-hydrogen) atoms. The van der Waals surface area contributed by atoms with E-state index >= 15 is 0 Å². The first-order valence-corrected chi connectivity index (χ1v) is 7.68. The van der Waals surface area contributed by atoms with Gasteiger partial charge in [-0.15, -0.1) is 0 Å². The van der Waals surface area contributed by atoms with Crippen LogP contribution < -0.4 is 16.6 Å². The van der Waals surface area contributed by atoms with Crippen LogP contribution >= 0.6 is 0 Å². The van der Waals surface area contributed by atoms with E-state index in [-0.39, 0.29) is 17.2 Å². The lowest BCUT2D eigenvalue weighted by Crippen LogP contribution is -2.55. The van der Waals surface area contributed by atoms with Gasteiger partial charge in [-0.05, 0) is 56.3 Å². The van der Waals surface area contributed by atoms with Gasteiger partial charge in [0.25, 0.3) is 0 Å². The molecule has 0 atom stereocenters. The number of rotatable bonds is 3. The van der Waals surface area contributed by atoms with E-state index in [1.165, 1.54) is 19.3 Å². The average molecular weight is 294 g/mol. The van der Waals surface area contributed by atoms with Gasteiger partial charge in [-0.2, -0.15) is 0 Å². The van der Waals surface area contributed by atoms with Gasteiger partial charge in [-0.25, -0.2) is 19.6 Å². The highest BCUT2D eigenvalue weighted by Gasteiger charge is 2.51. The number of pyridine rings is 1. The quantitative estimate of drug-likeness (QED) is 0.592. The second-order valence-corrected chi connectivity index (χ2v) is 7.12. The van der Waals surface area contributed by atoms with Gasteiger partial charge in [0.05, 0.1) is 0 Å². The normalized spacial score (nSPS) is 36.8. The third-order valence-electron chi connectivity index (χ3n) is 5.49. The highest BCUT2D eigenvalue weighted by Crippen LogP contribution is 2.56. The Hall–Kier alpha value is -1.43. The summed E-state index contributed by atoms with van der Waals surface area (Å²) in [5.74, 6) is 6.05. The summed E-state index contributed by atoms with van der Waals surface area (Å²) < 4.78 is 27.5. The number of hydrogen-bond acceptors (Lipinski definition) is 4.